The Morgan fingerprint density at radius 2 is 2.16 bits per heavy atom. The first-order valence-corrected chi connectivity index (χ1v) is 7.33. The second-order valence-electron chi connectivity index (χ2n) is 5.88. The highest BCUT2D eigenvalue weighted by Gasteiger charge is 2.22. The number of rotatable bonds is 4. The average Bonchev–Trinajstić information content (AvgIpc) is 2.39. The average molecular weight is 261 g/mol. The van der Waals surface area contributed by atoms with Crippen LogP contribution in [0.4, 0.5) is 5.69 Å². The van der Waals surface area contributed by atoms with Crippen molar-refractivity contribution in [3.63, 3.8) is 0 Å². The van der Waals surface area contributed by atoms with Gasteiger partial charge in [-0.25, -0.2) is 0 Å². The third kappa shape index (κ3) is 3.48. The Bertz CT molecular complexity index is 414. The summed E-state index contributed by atoms with van der Waals surface area (Å²) in [5.41, 5.74) is 9.88. The lowest BCUT2D eigenvalue weighted by Crippen LogP contribution is -2.45. The van der Waals surface area contributed by atoms with Crippen molar-refractivity contribution in [2.24, 2.45) is 5.73 Å². The van der Waals surface area contributed by atoms with E-state index < -0.39 is 0 Å². The van der Waals surface area contributed by atoms with E-state index in [2.05, 4.69) is 49.0 Å². The van der Waals surface area contributed by atoms with Crippen molar-refractivity contribution in [3.8, 4) is 0 Å². The fourth-order valence-electron chi connectivity index (χ4n) is 2.97. The van der Waals surface area contributed by atoms with Gasteiger partial charge in [0.05, 0.1) is 0 Å². The number of benzene rings is 1. The van der Waals surface area contributed by atoms with Gasteiger partial charge in [-0.05, 0) is 58.5 Å². The van der Waals surface area contributed by atoms with Gasteiger partial charge in [0.15, 0.2) is 0 Å². The van der Waals surface area contributed by atoms with Crippen molar-refractivity contribution in [1.29, 1.82) is 0 Å². The Morgan fingerprint density at radius 1 is 1.37 bits per heavy atom. The monoisotopic (exact) mass is 261 g/mol. The Kier molecular flexibility index (Phi) is 4.83. The second kappa shape index (κ2) is 6.40. The molecule has 0 aromatic heterocycles. The topological polar surface area (TPSA) is 32.5 Å². The molecule has 0 amide bonds. The van der Waals surface area contributed by atoms with Gasteiger partial charge < -0.3 is 15.5 Å². The number of hydrogen-bond acceptors (Lipinski definition) is 3. The number of anilines is 1. The highest BCUT2D eigenvalue weighted by Crippen LogP contribution is 2.26. The molecule has 0 spiro atoms. The first-order valence-electron chi connectivity index (χ1n) is 7.33. The van der Waals surface area contributed by atoms with E-state index in [1.54, 1.807) is 0 Å². The molecule has 1 aliphatic heterocycles. The third-order valence-corrected chi connectivity index (χ3v) is 4.12. The molecule has 3 heteroatoms. The lowest BCUT2D eigenvalue weighted by molar-refractivity contribution is 0.258. The van der Waals surface area contributed by atoms with Crippen LogP contribution in [0.25, 0.3) is 0 Å². The molecule has 3 nitrogen and oxygen atoms in total. The molecule has 0 saturated carbocycles. The van der Waals surface area contributed by atoms with Gasteiger partial charge >= 0.3 is 0 Å². The van der Waals surface area contributed by atoms with E-state index in [4.69, 9.17) is 5.73 Å². The van der Waals surface area contributed by atoms with E-state index in [1.807, 2.05) is 0 Å². The van der Waals surface area contributed by atoms with Gasteiger partial charge in [0.25, 0.3) is 0 Å². The van der Waals surface area contributed by atoms with Crippen LogP contribution in [0.15, 0.2) is 18.2 Å². The normalized spacial score (nSPS) is 20.1. The van der Waals surface area contributed by atoms with Crippen molar-refractivity contribution in [3.05, 3.63) is 29.3 Å². The Hall–Kier alpha value is -1.06. The van der Waals surface area contributed by atoms with Crippen LogP contribution < -0.4 is 10.6 Å². The summed E-state index contributed by atoms with van der Waals surface area (Å²) < 4.78 is 0. The molecule has 1 aliphatic rings. The Morgan fingerprint density at radius 3 is 2.84 bits per heavy atom. The third-order valence-electron chi connectivity index (χ3n) is 4.12. The van der Waals surface area contributed by atoms with Gasteiger partial charge in [0.2, 0.25) is 0 Å². The zero-order chi connectivity index (χ0) is 13.8. The molecule has 1 atom stereocenters. The number of nitrogens with two attached hydrogens (primary N) is 1. The molecule has 0 radical (unpaired) electrons. The van der Waals surface area contributed by atoms with E-state index in [-0.39, 0.29) is 0 Å². The summed E-state index contributed by atoms with van der Waals surface area (Å²) >= 11 is 0. The zero-order valence-electron chi connectivity index (χ0n) is 12.5. The highest BCUT2D eigenvalue weighted by molar-refractivity contribution is 5.55. The van der Waals surface area contributed by atoms with Gasteiger partial charge in [-0.2, -0.15) is 0 Å². The van der Waals surface area contributed by atoms with Gasteiger partial charge in [-0.3, -0.25) is 0 Å². The van der Waals surface area contributed by atoms with Crippen LogP contribution in [-0.2, 0) is 6.42 Å². The molecule has 1 saturated heterocycles. The minimum absolute atomic E-state index is 0.667. The van der Waals surface area contributed by atoms with E-state index in [0.29, 0.717) is 6.04 Å². The fourth-order valence-corrected chi connectivity index (χ4v) is 2.97. The molecular weight excluding hydrogens is 234 g/mol. The molecule has 2 rings (SSSR count). The van der Waals surface area contributed by atoms with Crippen LogP contribution >= 0.6 is 0 Å². The Labute approximate surface area is 117 Å². The van der Waals surface area contributed by atoms with Crippen molar-refractivity contribution < 1.29 is 0 Å². The summed E-state index contributed by atoms with van der Waals surface area (Å²) in [6.45, 7) is 5.18. The molecule has 2 N–H and O–H groups in total. The zero-order valence-corrected chi connectivity index (χ0v) is 12.5. The summed E-state index contributed by atoms with van der Waals surface area (Å²) in [7, 11) is 4.37. The summed E-state index contributed by atoms with van der Waals surface area (Å²) in [5, 5.41) is 0. The van der Waals surface area contributed by atoms with Crippen LogP contribution in [0.1, 0.15) is 24.0 Å². The number of aryl methyl sites for hydroxylation is 1. The molecule has 0 bridgehead atoms. The molecular formula is C16H27N3. The highest BCUT2D eigenvalue weighted by atomic mass is 15.2. The number of likely N-dealkylation sites (N-methyl/N-ethyl adjacent to an activating group) is 1. The standard InChI is InChI=1S/C16H27N3/c1-13-6-7-16(14(11-13)8-9-17)19-10-4-5-15(12-19)18(2)3/h6-7,11,15H,4-5,8-10,12,17H2,1-3H3. The van der Waals surface area contributed by atoms with E-state index in [0.717, 1.165) is 19.5 Å². The lowest BCUT2D eigenvalue weighted by Gasteiger charge is -2.38. The molecule has 1 fully saturated rings. The molecule has 0 aliphatic carbocycles. The maximum absolute atomic E-state index is 5.76. The SMILES string of the molecule is Cc1ccc(N2CCCC(N(C)C)C2)c(CCN)c1. The number of piperidine rings is 1. The lowest BCUT2D eigenvalue weighted by atomic mass is 10.0. The van der Waals surface area contributed by atoms with Gasteiger partial charge in [-0.15, -0.1) is 0 Å². The fraction of sp³-hybridized carbons (Fsp3) is 0.625. The molecule has 1 aromatic carbocycles. The van der Waals surface area contributed by atoms with E-state index in [9.17, 15) is 0 Å². The predicted molar refractivity (Wildman–Crippen MR) is 82.9 cm³/mol. The number of nitrogens with zero attached hydrogens (tertiary/aromatic N) is 2. The van der Waals surface area contributed by atoms with Crippen LogP contribution in [0.3, 0.4) is 0 Å². The Balaban J connectivity index is 2.20. The van der Waals surface area contributed by atoms with Crippen LogP contribution in [0, 0.1) is 6.92 Å². The quantitative estimate of drug-likeness (QED) is 0.900. The summed E-state index contributed by atoms with van der Waals surface area (Å²) in [5.74, 6) is 0. The van der Waals surface area contributed by atoms with Gasteiger partial charge in [0.1, 0.15) is 0 Å². The van der Waals surface area contributed by atoms with Crippen LogP contribution in [0.5, 0.6) is 0 Å². The van der Waals surface area contributed by atoms with Crippen molar-refractivity contribution in [2.45, 2.75) is 32.2 Å². The molecule has 19 heavy (non-hydrogen) atoms. The molecule has 1 heterocycles. The maximum atomic E-state index is 5.76. The summed E-state index contributed by atoms with van der Waals surface area (Å²) in [6.07, 6.45) is 3.56. The van der Waals surface area contributed by atoms with Crippen LogP contribution in [0.2, 0.25) is 0 Å². The summed E-state index contributed by atoms with van der Waals surface area (Å²) in [6, 6.07) is 7.45. The molecule has 1 unspecified atom stereocenters. The summed E-state index contributed by atoms with van der Waals surface area (Å²) in [4.78, 5) is 4.89. The van der Waals surface area contributed by atoms with Gasteiger partial charge in [0, 0.05) is 24.8 Å². The van der Waals surface area contributed by atoms with Crippen LogP contribution in [-0.4, -0.2) is 44.7 Å². The molecule has 1 aromatic rings. The van der Waals surface area contributed by atoms with Crippen molar-refractivity contribution in [2.75, 3.05) is 38.6 Å². The molecule has 106 valence electrons. The predicted octanol–water partition coefficient (Wildman–Crippen LogP) is 2.03. The largest absolute Gasteiger partial charge is 0.370 e. The minimum Gasteiger partial charge on any atom is -0.370 e. The number of hydrogen-bond donors (Lipinski definition) is 1. The van der Waals surface area contributed by atoms with E-state index >= 15 is 0 Å². The second-order valence-corrected chi connectivity index (χ2v) is 5.88. The first-order chi connectivity index (χ1) is 9.11. The maximum Gasteiger partial charge on any atom is 0.0399 e. The smallest absolute Gasteiger partial charge is 0.0399 e. The van der Waals surface area contributed by atoms with Gasteiger partial charge in [-0.1, -0.05) is 17.7 Å². The first kappa shape index (κ1) is 14.4. The van der Waals surface area contributed by atoms with Crippen molar-refractivity contribution in [1.82, 2.24) is 4.90 Å². The van der Waals surface area contributed by atoms with E-state index in [1.165, 1.54) is 36.2 Å². The minimum atomic E-state index is 0.667. The van der Waals surface area contributed by atoms with Crippen molar-refractivity contribution >= 4 is 5.69 Å².